The molecule has 0 fully saturated rings. The zero-order valence-electron chi connectivity index (χ0n) is 16.4. The average Bonchev–Trinajstić information content (AvgIpc) is 2.65. The normalized spacial score (nSPS) is 10.4. The predicted octanol–water partition coefficient (Wildman–Crippen LogP) is 3.35. The number of carbonyl (C=O) groups is 2. The van der Waals surface area contributed by atoms with Gasteiger partial charge in [-0.2, -0.15) is 5.26 Å². The highest BCUT2D eigenvalue weighted by molar-refractivity contribution is 5.95. The summed E-state index contributed by atoms with van der Waals surface area (Å²) in [6.07, 6.45) is 1.18. The van der Waals surface area contributed by atoms with E-state index < -0.39 is 0 Å². The Bertz CT molecular complexity index is 840. The van der Waals surface area contributed by atoms with E-state index in [1.165, 1.54) is 0 Å². The molecule has 2 rings (SSSR count). The first-order chi connectivity index (χ1) is 13.5. The third kappa shape index (κ3) is 6.86. The molecule has 0 aromatic heterocycles. The number of aryl methyl sites for hydroxylation is 1. The van der Waals surface area contributed by atoms with Crippen molar-refractivity contribution < 1.29 is 9.59 Å². The third-order valence-corrected chi connectivity index (χ3v) is 4.21. The minimum atomic E-state index is -0.176. The number of para-hydroxylation sites is 1. The Labute approximate surface area is 166 Å². The van der Waals surface area contributed by atoms with E-state index in [1.54, 1.807) is 12.1 Å². The molecule has 6 heteroatoms. The average molecular weight is 378 g/mol. The van der Waals surface area contributed by atoms with E-state index in [1.807, 2.05) is 55.1 Å². The van der Waals surface area contributed by atoms with Gasteiger partial charge in [-0.1, -0.05) is 37.3 Å². The largest absolute Gasteiger partial charge is 0.325 e. The van der Waals surface area contributed by atoms with Crippen molar-refractivity contribution >= 4 is 23.2 Å². The van der Waals surface area contributed by atoms with Crippen LogP contribution >= 0.6 is 0 Å². The molecule has 0 aliphatic heterocycles. The summed E-state index contributed by atoms with van der Waals surface area (Å²) >= 11 is 0. The molecule has 0 saturated carbocycles. The molecule has 146 valence electrons. The van der Waals surface area contributed by atoms with Crippen molar-refractivity contribution in [2.45, 2.75) is 26.7 Å². The van der Waals surface area contributed by atoms with Gasteiger partial charge in [-0.05, 0) is 49.2 Å². The number of hydrogen-bond donors (Lipinski definition) is 2. The molecule has 0 saturated heterocycles. The summed E-state index contributed by atoms with van der Waals surface area (Å²) in [5.74, 6) is -0.318. The van der Waals surface area contributed by atoms with E-state index in [-0.39, 0.29) is 24.9 Å². The highest BCUT2D eigenvalue weighted by Crippen LogP contribution is 2.13. The maximum atomic E-state index is 12.4. The van der Waals surface area contributed by atoms with Crippen LogP contribution in [0, 0.1) is 18.3 Å². The Balaban J connectivity index is 1.90. The molecule has 2 aromatic carbocycles. The van der Waals surface area contributed by atoms with Crippen LogP contribution in [0.5, 0.6) is 0 Å². The maximum Gasteiger partial charge on any atom is 0.238 e. The van der Waals surface area contributed by atoms with Crippen LogP contribution in [0.25, 0.3) is 0 Å². The Morgan fingerprint density at radius 3 is 2.25 bits per heavy atom. The number of benzene rings is 2. The van der Waals surface area contributed by atoms with Crippen LogP contribution in [0.1, 0.15) is 24.5 Å². The van der Waals surface area contributed by atoms with Gasteiger partial charge in [0.25, 0.3) is 0 Å². The summed E-state index contributed by atoms with van der Waals surface area (Å²) in [5.41, 5.74) is 3.36. The summed E-state index contributed by atoms with van der Waals surface area (Å²) in [4.78, 5) is 26.6. The van der Waals surface area contributed by atoms with E-state index >= 15 is 0 Å². The molecule has 2 N–H and O–H groups in total. The molecule has 6 nitrogen and oxygen atoms in total. The van der Waals surface area contributed by atoms with Gasteiger partial charge < -0.3 is 10.6 Å². The van der Waals surface area contributed by atoms with Gasteiger partial charge in [-0.25, -0.2) is 0 Å². The minimum Gasteiger partial charge on any atom is -0.325 e. The molecule has 2 amide bonds. The topological polar surface area (TPSA) is 85.2 Å². The van der Waals surface area contributed by atoms with Gasteiger partial charge in [0, 0.05) is 11.4 Å². The number of hydrogen-bond acceptors (Lipinski definition) is 4. The number of nitrogens with one attached hydrogen (secondary N) is 2. The number of rotatable bonds is 9. The number of nitriles is 1. The summed E-state index contributed by atoms with van der Waals surface area (Å²) in [6, 6.07) is 16.9. The number of nitrogens with zero attached hydrogens (tertiary/aromatic N) is 2. The van der Waals surface area contributed by atoms with Crippen molar-refractivity contribution in [1.29, 1.82) is 5.26 Å². The van der Waals surface area contributed by atoms with Gasteiger partial charge >= 0.3 is 0 Å². The van der Waals surface area contributed by atoms with Gasteiger partial charge in [0.2, 0.25) is 11.8 Å². The van der Waals surface area contributed by atoms with Gasteiger partial charge in [0.15, 0.2) is 0 Å². The maximum absolute atomic E-state index is 12.4. The fourth-order valence-corrected chi connectivity index (χ4v) is 2.84. The lowest BCUT2D eigenvalue weighted by Gasteiger charge is -2.21. The second-order valence-corrected chi connectivity index (χ2v) is 6.65. The van der Waals surface area contributed by atoms with Crippen LogP contribution in [0.3, 0.4) is 0 Å². The zero-order chi connectivity index (χ0) is 20.4. The second-order valence-electron chi connectivity index (χ2n) is 6.65. The van der Waals surface area contributed by atoms with Gasteiger partial charge in [-0.3, -0.25) is 14.5 Å². The third-order valence-electron chi connectivity index (χ3n) is 4.21. The molecular weight excluding hydrogens is 352 g/mol. The summed E-state index contributed by atoms with van der Waals surface area (Å²) < 4.78 is 0. The first kappa shape index (κ1) is 21.1. The van der Waals surface area contributed by atoms with Crippen molar-refractivity contribution in [1.82, 2.24) is 4.90 Å². The molecule has 0 heterocycles. The Morgan fingerprint density at radius 2 is 1.64 bits per heavy atom. The minimum absolute atomic E-state index is 0.134. The number of amides is 2. The molecule has 0 atom stereocenters. The Morgan fingerprint density at radius 1 is 1.00 bits per heavy atom. The molecule has 0 spiro atoms. The van der Waals surface area contributed by atoms with E-state index in [0.717, 1.165) is 23.2 Å². The van der Waals surface area contributed by atoms with Crippen LogP contribution in [-0.2, 0) is 16.0 Å². The Hall–Kier alpha value is -3.17. The van der Waals surface area contributed by atoms with Gasteiger partial charge in [0.1, 0.15) is 0 Å². The molecule has 28 heavy (non-hydrogen) atoms. The predicted molar refractivity (Wildman–Crippen MR) is 111 cm³/mol. The van der Waals surface area contributed by atoms with Crippen LogP contribution in [0.2, 0.25) is 0 Å². The summed E-state index contributed by atoms with van der Waals surface area (Å²) in [6.45, 7) is 4.88. The van der Waals surface area contributed by atoms with Crippen LogP contribution in [0.4, 0.5) is 11.4 Å². The smallest absolute Gasteiger partial charge is 0.238 e. The van der Waals surface area contributed by atoms with Crippen molar-refractivity contribution in [3.63, 3.8) is 0 Å². The fourth-order valence-electron chi connectivity index (χ4n) is 2.84. The lowest BCUT2D eigenvalue weighted by atomic mass is 10.1. The van der Waals surface area contributed by atoms with Crippen molar-refractivity contribution in [2.24, 2.45) is 0 Å². The van der Waals surface area contributed by atoms with E-state index in [2.05, 4.69) is 16.7 Å². The van der Waals surface area contributed by atoms with Crippen LogP contribution in [0.15, 0.2) is 48.5 Å². The quantitative estimate of drug-likeness (QED) is 0.701. The summed E-state index contributed by atoms with van der Waals surface area (Å²) in [5, 5.41) is 14.4. The first-order valence-corrected chi connectivity index (χ1v) is 9.35. The molecule has 0 radical (unpaired) electrons. The van der Waals surface area contributed by atoms with Crippen LogP contribution < -0.4 is 10.6 Å². The van der Waals surface area contributed by atoms with Crippen molar-refractivity contribution in [3.8, 4) is 6.07 Å². The molecule has 2 aromatic rings. The lowest BCUT2D eigenvalue weighted by Crippen LogP contribution is -2.39. The second kappa shape index (κ2) is 10.9. The monoisotopic (exact) mass is 378 g/mol. The molecule has 0 unspecified atom stereocenters. The Kier molecular flexibility index (Phi) is 8.19. The van der Waals surface area contributed by atoms with E-state index in [0.29, 0.717) is 18.7 Å². The highest BCUT2D eigenvalue weighted by Gasteiger charge is 2.15. The van der Waals surface area contributed by atoms with Gasteiger partial charge in [-0.15, -0.1) is 0 Å². The van der Waals surface area contributed by atoms with Gasteiger partial charge in [0.05, 0.1) is 25.6 Å². The fraction of sp³-hybridized carbons (Fsp3) is 0.318. The number of anilines is 2. The zero-order valence-corrected chi connectivity index (χ0v) is 16.4. The molecular formula is C22H26N4O2. The number of carbonyl (C=O) groups excluding carboxylic acids is 2. The van der Waals surface area contributed by atoms with Crippen molar-refractivity contribution in [2.75, 3.05) is 30.3 Å². The lowest BCUT2D eigenvalue weighted by molar-refractivity contribution is -0.120. The highest BCUT2D eigenvalue weighted by atomic mass is 16.2. The first-order valence-electron chi connectivity index (χ1n) is 9.35. The SMILES string of the molecule is CCCN(CC(=O)Nc1ccc(CC#N)cc1)CC(=O)Nc1ccccc1C. The molecule has 0 aliphatic carbocycles. The van der Waals surface area contributed by atoms with E-state index in [4.69, 9.17) is 5.26 Å². The summed E-state index contributed by atoms with van der Waals surface area (Å²) in [7, 11) is 0. The molecule has 0 aliphatic rings. The van der Waals surface area contributed by atoms with Crippen molar-refractivity contribution in [3.05, 3.63) is 59.7 Å². The van der Waals surface area contributed by atoms with E-state index in [9.17, 15) is 9.59 Å². The molecule has 0 bridgehead atoms. The van der Waals surface area contributed by atoms with Crippen LogP contribution in [-0.4, -0.2) is 36.3 Å². The standard InChI is InChI=1S/C22H26N4O2/c1-3-14-26(16-22(28)25-20-7-5-4-6-17(20)2)15-21(27)24-19-10-8-18(9-11-19)12-13-23/h4-11H,3,12,14-16H2,1-2H3,(H,24,27)(H,25,28).